The summed E-state index contributed by atoms with van der Waals surface area (Å²) in [5.74, 6) is -0.987. The van der Waals surface area contributed by atoms with Crippen molar-refractivity contribution in [3.8, 4) is 0 Å². The van der Waals surface area contributed by atoms with Crippen molar-refractivity contribution in [1.82, 2.24) is 4.98 Å². The van der Waals surface area contributed by atoms with Gasteiger partial charge < -0.3 is 10.6 Å². The molecule has 0 aliphatic rings. The second-order valence-electron chi connectivity index (χ2n) is 6.79. The molecule has 2 amide bonds. The van der Waals surface area contributed by atoms with E-state index < -0.39 is 11.7 Å². The number of thiazole rings is 1. The Morgan fingerprint density at radius 3 is 2.58 bits per heavy atom. The number of nitrogens with one attached hydrogen (secondary N) is 2. The maximum atomic E-state index is 13.7. The maximum absolute atomic E-state index is 13.7. The number of carbonyl (C=O) groups excluding carboxylic acids is 2. The lowest BCUT2D eigenvalue weighted by molar-refractivity contribution is -0.113. The van der Waals surface area contributed by atoms with Crippen molar-refractivity contribution in [1.29, 1.82) is 0 Å². The Morgan fingerprint density at radius 2 is 1.81 bits per heavy atom. The molecular weight excluding hydrogens is 433 g/mol. The van der Waals surface area contributed by atoms with Crippen LogP contribution in [0.2, 0.25) is 0 Å². The molecule has 8 heteroatoms. The summed E-state index contributed by atoms with van der Waals surface area (Å²) in [5, 5.41) is 6.08. The highest BCUT2D eigenvalue weighted by molar-refractivity contribution is 8.00. The predicted molar refractivity (Wildman–Crippen MR) is 125 cm³/mol. The first-order valence-corrected chi connectivity index (χ1v) is 11.2. The van der Waals surface area contributed by atoms with Crippen molar-refractivity contribution in [2.45, 2.75) is 11.8 Å². The van der Waals surface area contributed by atoms with Crippen molar-refractivity contribution in [2.24, 2.45) is 0 Å². The highest BCUT2D eigenvalue weighted by atomic mass is 32.2. The lowest BCUT2D eigenvalue weighted by Gasteiger charge is -2.07. The van der Waals surface area contributed by atoms with E-state index in [0.717, 1.165) is 20.7 Å². The molecule has 1 aromatic heterocycles. The van der Waals surface area contributed by atoms with Crippen LogP contribution in [0.25, 0.3) is 10.2 Å². The van der Waals surface area contributed by atoms with Crippen LogP contribution < -0.4 is 10.6 Å². The Labute approximate surface area is 186 Å². The zero-order chi connectivity index (χ0) is 21.8. The molecule has 31 heavy (non-hydrogen) atoms. The Hall–Kier alpha value is -3.23. The summed E-state index contributed by atoms with van der Waals surface area (Å²) in [6, 6.07) is 18.8. The number of amides is 2. The molecule has 0 radical (unpaired) electrons. The first kappa shape index (κ1) is 21.0. The van der Waals surface area contributed by atoms with Gasteiger partial charge in [-0.1, -0.05) is 29.5 Å². The molecule has 0 fully saturated rings. The third-order valence-electron chi connectivity index (χ3n) is 4.39. The Balaban J connectivity index is 1.31. The second-order valence-corrected chi connectivity index (χ2v) is 8.86. The van der Waals surface area contributed by atoms with E-state index in [1.807, 2.05) is 25.1 Å². The van der Waals surface area contributed by atoms with E-state index in [4.69, 9.17) is 0 Å². The van der Waals surface area contributed by atoms with E-state index in [1.54, 1.807) is 30.3 Å². The van der Waals surface area contributed by atoms with Gasteiger partial charge in [0.25, 0.3) is 5.91 Å². The zero-order valence-electron chi connectivity index (χ0n) is 16.5. The summed E-state index contributed by atoms with van der Waals surface area (Å²) < 4.78 is 14.7. The largest absolute Gasteiger partial charge is 0.322 e. The van der Waals surface area contributed by atoms with Gasteiger partial charge in [0.05, 0.1) is 21.5 Å². The fourth-order valence-electron chi connectivity index (χ4n) is 2.87. The summed E-state index contributed by atoms with van der Waals surface area (Å²) in [6.45, 7) is 2.02. The second kappa shape index (κ2) is 9.28. The van der Waals surface area contributed by atoms with Crippen molar-refractivity contribution >= 4 is 55.9 Å². The van der Waals surface area contributed by atoms with Gasteiger partial charge >= 0.3 is 0 Å². The first-order valence-electron chi connectivity index (χ1n) is 9.44. The molecular formula is C23H18FN3O2S2. The zero-order valence-corrected chi connectivity index (χ0v) is 18.1. The van der Waals surface area contributed by atoms with E-state index in [-0.39, 0.29) is 17.2 Å². The molecule has 2 N–H and O–H groups in total. The van der Waals surface area contributed by atoms with Crippen LogP contribution in [0.1, 0.15) is 15.9 Å². The third-order valence-corrected chi connectivity index (χ3v) is 6.34. The van der Waals surface area contributed by atoms with E-state index >= 15 is 0 Å². The number of benzene rings is 3. The van der Waals surface area contributed by atoms with Gasteiger partial charge in [0.2, 0.25) is 5.91 Å². The Kier molecular flexibility index (Phi) is 6.29. The summed E-state index contributed by atoms with van der Waals surface area (Å²) >= 11 is 2.82. The number of halogens is 1. The van der Waals surface area contributed by atoms with Gasteiger partial charge in [-0.25, -0.2) is 9.37 Å². The van der Waals surface area contributed by atoms with Crippen LogP contribution in [0, 0.1) is 12.7 Å². The van der Waals surface area contributed by atoms with Gasteiger partial charge in [-0.3, -0.25) is 9.59 Å². The summed E-state index contributed by atoms with van der Waals surface area (Å²) in [5.41, 5.74) is 2.55. The van der Waals surface area contributed by atoms with Crippen molar-refractivity contribution < 1.29 is 14.0 Å². The fraction of sp³-hybridized carbons (Fsp3) is 0.0870. The highest BCUT2D eigenvalue weighted by Gasteiger charge is 2.12. The third kappa shape index (κ3) is 5.28. The number of anilines is 2. The maximum Gasteiger partial charge on any atom is 0.258 e. The molecule has 5 nitrogen and oxygen atoms in total. The first-order chi connectivity index (χ1) is 15.0. The molecule has 0 saturated carbocycles. The van der Waals surface area contributed by atoms with Crippen LogP contribution in [0.5, 0.6) is 0 Å². The van der Waals surface area contributed by atoms with E-state index in [1.165, 1.54) is 41.3 Å². The molecule has 0 atom stereocenters. The number of fused-ring (bicyclic) bond motifs is 1. The summed E-state index contributed by atoms with van der Waals surface area (Å²) in [6.07, 6.45) is 0. The predicted octanol–water partition coefficient (Wildman–Crippen LogP) is 5.73. The summed E-state index contributed by atoms with van der Waals surface area (Å²) in [7, 11) is 0. The molecule has 156 valence electrons. The Morgan fingerprint density at radius 1 is 1.03 bits per heavy atom. The molecule has 0 saturated heterocycles. The van der Waals surface area contributed by atoms with Crippen LogP contribution in [0.4, 0.5) is 15.2 Å². The quantitative estimate of drug-likeness (QED) is 0.368. The van der Waals surface area contributed by atoms with Gasteiger partial charge in [-0.2, -0.15) is 0 Å². The molecule has 3 aromatic carbocycles. The number of rotatable bonds is 6. The number of hydrogen-bond acceptors (Lipinski definition) is 5. The van der Waals surface area contributed by atoms with Gasteiger partial charge in [-0.05, 0) is 61.0 Å². The number of aromatic nitrogens is 1. The molecule has 0 unspecified atom stereocenters. The van der Waals surface area contributed by atoms with Crippen molar-refractivity contribution in [2.75, 3.05) is 16.4 Å². The van der Waals surface area contributed by atoms with Gasteiger partial charge in [0, 0.05) is 10.6 Å². The van der Waals surface area contributed by atoms with Crippen molar-refractivity contribution in [3.63, 3.8) is 0 Å². The summed E-state index contributed by atoms with van der Waals surface area (Å²) in [4.78, 5) is 29.8. The minimum absolute atomic E-state index is 0.0115. The van der Waals surface area contributed by atoms with Crippen LogP contribution in [0.3, 0.4) is 0 Å². The number of nitrogens with zero attached hydrogens (tertiary/aromatic N) is 1. The number of carbonyl (C=O) groups is 2. The van der Waals surface area contributed by atoms with E-state index in [2.05, 4.69) is 15.6 Å². The minimum Gasteiger partial charge on any atom is -0.322 e. The molecule has 0 spiro atoms. The number of aryl methyl sites for hydroxylation is 1. The number of hydrogen-bond donors (Lipinski definition) is 2. The smallest absolute Gasteiger partial charge is 0.258 e. The highest BCUT2D eigenvalue weighted by Crippen LogP contribution is 2.27. The van der Waals surface area contributed by atoms with Gasteiger partial charge in [-0.15, -0.1) is 11.8 Å². The normalized spacial score (nSPS) is 10.8. The fourth-order valence-corrected chi connectivity index (χ4v) is 4.55. The van der Waals surface area contributed by atoms with Crippen LogP contribution in [-0.2, 0) is 4.79 Å². The van der Waals surface area contributed by atoms with Gasteiger partial charge in [0.1, 0.15) is 5.82 Å². The molecule has 4 rings (SSSR count). The molecule has 0 bridgehead atoms. The van der Waals surface area contributed by atoms with E-state index in [9.17, 15) is 14.0 Å². The molecule has 0 aliphatic carbocycles. The van der Waals surface area contributed by atoms with Crippen LogP contribution in [0.15, 0.2) is 71.6 Å². The standard InChI is InChI=1S/C23H18FN3O2S2/c1-14-6-11-19-20(12-14)31-23(26-19)27-21(28)13-30-16-9-7-15(8-10-16)25-22(29)17-4-2-3-5-18(17)24/h2-12H,13H2,1H3,(H,25,29)(H,26,27,28). The topological polar surface area (TPSA) is 71.1 Å². The molecule has 4 aromatic rings. The Bertz CT molecular complexity index is 1260. The van der Waals surface area contributed by atoms with Crippen molar-refractivity contribution in [3.05, 3.63) is 83.7 Å². The lowest BCUT2D eigenvalue weighted by atomic mass is 10.2. The number of thioether (sulfide) groups is 1. The average Bonchev–Trinajstić information content (AvgIpc) is 3.14. The minimum atomic E-state index is -0.568. The monoisotopic (exact) mass is 451 g/mol. The van der Waals surface area contributed by atoms with Crippen LogP contribution >= 0.6 is 23.1 Å². The SMILES string of the molecule is Cc1ccc2nc(NC(=O)CSc3ccc(NC(=O)c4ccccc4F)cc3)sc2c1. The van der Waals surface area contributed by atoms with Gasteiger partial charge in [0.15, 0.2) is 5.13 Å². The lowest BCUT2D eigenvalue weighted by Crippen LogP contribution is -2.14. The molecule has 1 heterocycles. The average molecular weight is 452 g/mol. The molecule has 0 aliphatic heterocycles. The van der Waals surface area contributed by atoms with E-state index in [0.29, 0.717) is 10.8 Å². The van der Waals surface area contributed by atoms with Crippen LogP contribution in [-0.4, -0.2) is 22.6 Å².